The summed E-state index contributed by atoms with van der Waals surface area (Å²) in [5.74, 6) is 0.381. The molecule has 2 fully saturated rings. The standard InChI is InChI=1S/C12H20N2O3/c1-12(2)11(16)14(5-3-10(15)13-12)7-9-4-6-17-8-9/h9H,3-8H2,1-2H3,(H,13,15). The summed E-state index contributed by atoms with van der Waals surface area (Å²) >= 11 is 0. The number of amides is 2. The summed E-state index contributed by atoms with van der Waals surface area (Å²) in [6.07, 6.45) is 1.40. The van der Waals surface area contributed by atoms with Crippen LogP contribution < -0.4 is 5.32 Å². The van der Waals surface area contributed by atoms with Gasteiger partial charge in [0.2, 0.25) is 11.8 Å². The first-order valence-electron chi connectivity index (χ1n) is 6.17. The highest BCUT2D eigenvalue weighted by Gasteiger charge is 2.37. The third-order valence-electron chi connectivity index (χ3n) is 3.39. The van der Waals surface area contributed by atoms with Gasteiger partial charge in [-0.2, -0.15) is 0 Å². The lowest BCUT2D eigenvalue weighted by atomic mass is 10.0. The van der Waals surface area contributed by atoms with Crippen molar-refractivity contribution in [1.82, 2.24) is 10.2 Å². The van der Waals surface area contributed by atoms with Gasteiger partial charge in [-0.1, -0.05) is 0 Å². The van der Waals surface area contributed by atoms with Crippen molar-refractivity contribution in [3.05, 3.63) is 0 Å². The fourth-order valence-corrected chi connectivity index (χ4v) is 2.41. The molecular weight excluding hydrogens is 220 g/mol. The predicted molar refractivity (Wildman–Crippen MR) is 62.3 cm³/mol. The van der Waals surface area contributed by atoms with Crippen molar-refractivity contribution in [3.8, 4) is 0 Å². The van der Waals surface area contributed by atoms with Gasteiger partial charge in [0.25, 0.3) is 0 Å². The summed E-state index contributed by atoms with van der Waals surface area (Å²) in [6, 6.07) is 0. The smallest absolute Gasteiger partial charge is 0.247 e. The van der Waals surface area contributed by atoms with Gasteiger partial charge in [-0.25, -0.2) is 0 Å². The first-order valence-corrected chi connectivity index (χ1v) is 6.17. The molecule has 17 heavy (non-hydrogen) atoms. The minimum atomic E-state index is -0.785. The molecule has 1 unspecified atom stereocenters. The molecule has 0 aromatic carbocycles. The van der Waals surface area contributed by atoms with Crippen LogP contribution in [0.15, 0.2) is 0 Å². The molecule has 2 saturated heterocycles. The van der Waals surface area contributed by atoms with E-state index in [1.807, 2.05) is 0 Å². The second-order valence-electron chi connectivity index (χ2n) is 5.40. The van der Waals surface area contributed by atoms with E-state index >= 15 is 0 Å². The van der Waals surface area contributed by atoms with Crippen molar-refractivity contribution in [2.45, 2.75) is 32.2 Å². The highest BCUT2D eigenvalue weighted by Crippen LogP contribution is 2.18. The molecule has 2 heterocycles. The topological polar surface area (TPSA) is 58.6 Å². The van der Waals surface area contributed by atoms with Crippen LogP contribution in [0.2, 0.25) is 0 Å². The number of nitrogens with one attached hydrogen (secondary N) is 1. The van der Waals surface area contributed by atoms with E-state index in [2.05, 4.69) is 5.32 Å². The number of carbonyl (C=O) groups excluding carboxylic acids is 2. The van der Waals surface area contributed by atoms with Gasteiger partial charge in [0.15, 0.2) is 0 Å². The summed E-state index contributed by atoms with van der Waals surface area (Å²) < 4.78 is 5.32. The molecule has 1 N–H and O–H groups in total. The minimum Gasteiger partial charge on any atom is -0.381 e. The van der Waals surface area contributed by atoms with Gasteiger partial charge in [0.1, 0.15) is 5.54 Å². The average Bonchev–Trinajstić information content (AvgIpc) is 2.71. The van der Waals surface area contributed by atoms with Crippen molar-refractivity contribution in [2.75, 3.05) is 26.3 Å². The second kappa shape index (κ2) is 4.64. The quantitative estimate of drug-likeness (QED) is 0.747. The average molecular weight is 240 g/mol. The van der Waals surface area contributed by atoms with E-state index < -0.39 is 5.54 Å². The summed E-state index contributed by atoms with van der Waals surface area (Å²) in [5, 5.41) is 2.76. The fraction of sp³-hybridized carbons (Fsp3) is 0.833. The van der Waals surface area contributed by atoms with Crippen LogP contribution in [0.3, 0.4) is 0 Å². The number of hydrogen-bond donors (Lipinski definition) is 1. The van der Waals surface area contributed by atoms with E-state index in [1.165, 1.54) is 0 Å². The van der Waals surface area contributed by atoms with Crippen LogP contribution >= 0.6 is 0 Å². The number of ether oxygens (including phenoxy) is 1. The monoisotopic (exact) mass is 240 g/mol. The van der Waals surface area contributed by atoms with Crippen molar-refractivity contribution in [1.29, 1.82) is 0 Å². The van der Waals surface area contributed by atoms with Gasteiger partial charge >= 0.3 is 0 Å². The Bertz CT molecular complexity index is 322. The van der Waals surface area contributed by atoms with Gasteiger partial charge in [-0.3, -0.25) is 9.59 Å². The Morgan fingerprint density at radius 1 is 1.47 bits per heavy atom. The number of hydrogen-bond acceptors (Lipinski definition) is 3. The van der Waals surface area contributed by atoms with Crippen molar-refractivity contribution < 1.29 is 14.3 Å². The Labute approximate surface area is 101 Å². The molecule has 2 aliphatic rings. The molecule has 5 heteroatoms. The maximum atomic E-state index is 12.3. The molecule has 1 atom stereocenters. The summed E-state index contributed by atoms with van der Waals surface area (Å²) in [4.78, 5) is 25.6. The van der Waals surface area contributed by atoms with Crippen LogP contribution in [0.4, 0.5) is 0 Å². The maximum absolute atomic E-state index is 12.3. The highest BCUT2D eigenvalue weighted by atomic mass is 16.5. The van der Waals surface area contributed by atoms with Crippen molar-refractivity contribution in [2.24, 2.45) is 5.92 Å². The number of nitrogens with zero attached hydrogens (tertiary/aromatic N) is 1. The van der Waals surface area contributed by atoms with Crippen LogP contribution in [0.5, 0.6) is 0 Å². The molecule has 0 saturated carbocycles. The number of carbonyl (C=O) groups is 2. The summed E-state index contributed by atoms with van der Waals surface area (Å²) in [7, 11) is 0. The molecule has 2 rings (SSSR count). The zero-order valence-corrected chi connectivity index (χ0v) is 10.5. The van der Waals surface area contributed by atoms with E-state index in [9.17, 15) is 9.59 Å². The molecule has 0 aromatic rings. The lowest BCUT2D eigenvalue weighted by molar-refractivity contribution is -0.137. The van der Waals surface area contributed by atoms with Crippen LogP contribution in [0.1, 0.15) is 26.7 Å². The molecule has 0 radical (unpaired) electrons. The van der Waals surface area contributed by atoms with Gasteiger partial charge in [0.05, 0.1) is 6.61 Å². The Kier molecular flexibility index (Phi) is 3.38. The summed E-state index contributed by atoms with van der Waals surface area (Å²) in [6.45, 7) is 6.26. The SMILES string of the molecule is CC1(C)NC(=O)CCN(CC2CCOC2)C1=O. The normalized spacial score (nSPS) is 29.1. The molecule has 5 nitrogen and oxygen atoms in total. The molecule has 0 aliphatic carbocycles. The zero-order chi connectivity index (χ0) is 12.5. The van der Waals surface area contributed by atoms with Gasteiger partial charge in [-0.05, 0) is 20.3 Å². The van der Waals surface area contributed by atoms with Crippen LogP contribution in [0.25, 0.3) is 0 Å². The predicted octanol–water partition coefficient (Wildman–Crippen LogP) is 0.150. The molecule has 0 spiro atoms. The summed E-state index contributed by atoms with van der Waals surface area (Å²) in [5.41, 5.74) is -0.785. The molecule has 2 amide bonds. The van der Waals surface area contributed by atoms with Crippen molar-refractivity contribution in [3.63, 3.8) is 0 Å². The Balaban J connectivity index is 2.04. The maximum Gasteiger partial charge on any atom is 0.247 e. The Morgan fingerprint density at radius 3 is 2.88 bits per heavy atom. The van der Waals surface area contributed by atoms with Crippen LogP contribution in [-0.2, 0) is 14.3 Å². The zero-order valence-electron chi connectivity index (χ0n) is 10.5. The lowest BCUT2D eigenvalue weighted by Gasteiger charge is -2.30. The van der Waals surface area contributed by atoms with Gasteiger partial charge < -0.3 is 15.0 Å². The van der Waals surface area contributed by atoms with Gasteiger partial charge in [0, 0.05) is 32.0 Å². The molecule has 0 aromatic heterocycles. The van der Waals surface area contributed by atoms with Crippen LogP contribution in [-0.4, -0.2) is 48.6 Å². The largest absolute Gasteiger partial charge is 0.381 e. The first-order chi connectivity index (χ1) is 7.99. The van der Waals surface area contributed by atoms with E-state index in [-0.39, 0.29) is 11.8 Å². The number of rotatable bonds is 2. The Hall–Kier alpha value is -1.10. The highest BCUT2D eigenvalue weighted by molar-refractivity contribution is 5.92. The van der Waals surface area contributed by atoms with Crippen molar-refractivity contribution >= 4 is 11.8 Å². The third-order valence-corrected chi connectivity index (χ3v) is 3.39. The third kappa shape index (κ3) is 2.77. The van der Waals surface area contributed by atoms with E-state index in [4.69, 9.17) is 4.74 Å². The molecule has 0 bridgehead atoms. The van der Waals surface area contributed by atoms with Crippen LogP contribution in [0, 0.1) is 5.92 Å². The first kappa shape index (κ1) is 12.4. The van der Waals surface area contributed by atoms with E-state index in [0.29, 0.717) is 25.4 Å². The minimum absolute atomic E-state index is 0.00949. The van der Waals surface area contributed by atoms with Gasteiger partial charge in [-0.15, -0.1) is 0 Å². The second-order valence-corrected chi connectivity index (χ2v) is 5.40. The molecule has 2 aliphatic heterocycles. The molecule has 96 valence electrons. The lowest BCUT2D eigenvalue weighted by Crippen LogP contribution is -2.53. The fourth-order valence-electron chi connectivity index (χ4n) is 2.41. The van der Waals surface area contributed by atoms with E-state index in [1.54, 1.807) is 18.7 Å². The molecular formula is C12H20N2O3. The Morgan fingerprint density at radius 2 is 2.24 bits per heavy atom. The van der Waals surface area contributed by atoms with E-state index in [0.717, 1.165) is 19.6 Å².